The quantitative estimate of drug-likeness (QED) is 0.143. The molecule has 0 aromatic heterocycles. The predicted octanol–water partition coefficient (Wildman–Crippen LogP) is 7.60. The number of fused-ring (bicyclic) bond motifs is 3. The van der Waals surface area contributed by atoms with Crippen LogP contribution in [0, 0.1) is 63.7 Å². The van der Waals surface area contributed by atoms with Crippen molar-refractivity contribution in [2.45, 2.75) is 30.3 Å². The minimum Gasteiger partial charge on any atom is -0.508 e. The van der Waals surface area contributed by atoms with E-state index in [4.69, 9.17) is 13.7 Å². The van der Waals surface area contributed by atoms with Crippen molar-refractivity contribution in [1.82, 2.24) is 0 Å². The number of ether oxygens (including phenoxy) is 2. The van der Waals surface area contributed by atoms with Gasteiger partial charge in [-0.3, -0.25) is 0 Å². The molecule has 2 saturated carbocycles. The van der Waals surface area contributed by atoms with E-state index in [0.717, 1.165) is 45.2 Å². The van der Waals surface area contributed by atoms with E-state index in [0.29, 0.717) is 12.4 Å². The van der Waals surface area contributed by atoms with E-state index in [1.165, 1.54) is 5.92 Å². The summed E-state index contributed by atoms with van der Waals surface area (Å²) in [5, 5.41) is 10.6. The first-order valence-electron chi connectivity index (χ1n) is 15.7. The van der Waals surface area contributed by atoms with Crippen molar-refractivity contribution in [3.05, 3.63) is 166 Å². The molecule has 2 aliphatic carbocycles. The minimum atomic E-state index is -4.05. The molecular weight excluding hydrogens is 664 g/mol. The zero-order valence-corrected chi connectivity index (χ0v) is 27.9. The number of benzene rings is 4. The number of aromatic hydroxyl groups is 1. The molecule has 2 bridgehead atoms. The van der Waals surface area contributed by atoms with Gasteiger partial charge >= 0.3 is 27.2 Å². The van der Waals surface area contributed by atoms with Crippen LogP contribution in [0.1, 0.15) is 24.0 Å². The molecule has 8 rings (SSSR count). The van der Waals surface area contributed by atoms with Gasteiger partial charge in [-0.25, -0.2) is 0 Å². The molecule has 0 unspecified atom stereocenters. The molecule has 8 heteroatoms. The van der Waals surface area contributed by atoms with E-state index in [9.17, 15) is 13.5 Å². The third-order valence-corrected chi connectivity index (χ3v) is 10.2. The molecule has 3 fully saturated rings. The van der Waals surface area contributed by atoms with Crippen molar-refractivity contribution in [3.63, 3.8) is 0 Å². The van der Waals surface area contributed by atoms with Crippen LogP contribution >= 0.6 is 0 Å². The maximum atomic E-state index is 13.8. The van der Waals surface area contributed by atoms with Crippen LogP contribution in [0.2, 0.25) is 0 Å². The Kier molecular flexibility index (Phi) is 11.2. The second kappa shape index (κ2) is 15.5. The van der Waals surface area contributed by atoms with Crippen LogP contribution in [0.25, 0.3) is 21.9 Å². The first-order valence-corrected chi connectivity index (χ1v) is 17.1. The van der Waals surface area contributed by atoms with E-state index >= 15 is 0 Å². The topological polar surface area (TPSA) is 82.1 Å². The predicted molar refractivity (Wildman–Crippen MR) is 184 cm³/mol. The molecule has 2 aliphatic heterocycles. The Balaban J connectivity index is 0.000000615. The van der Waals surface area contributed by atoms with Gasteiger partial charge in [0.05, 0.1) is 12.7 Å². The Hall–Kier alpha value is -3.29. The average molecular weight is 699 g/mol. The van der Waals surface area contributed by atoms with Gasteiger partial charge in [0.1, 0.15) is 28.6 Å². The summed E-state index contributed by atoms with van der Waals surface area (Å²) in [6, 6.07) is 27.6. The van der Waals surface area contributed by atoms with Crippen molar-refractivity contribution in [3.8, 4) is 17.2 Å². The van der Waals surface area contributed by atoms with E-state index in [2.05, 4.69) is 12.8 Å². The summed E-state index contributed by atoms with van der Waals surface area (Å²) in [7, 11) is -4.05. The molecule has 4 aromatic carbocycles. The van der Waals surface area contributed by atoms with Gasteiger partial charge in [0, 0.05) is 11.8 Å². The number of hydrogen-bond donors (Lipinski definition) is 1. The van der Waals surface area contributed by atoms with Gasteiger partial charge in [0.25, 0.3) is 0 Å². The summed E-state index contributed by atoms with van der Waals surface area (Å²) in [6.45, 7) is 0.560. The van der Waals surface area contributed by atoms with Crippen LogP contribution < -0.4 is 8.92 Å². The van der Waals surface area contributed by atoms with Crippen LogP contribution in [0.15, 0.2) is 91.0 Å². The van der Waals surface area contributed by atoms with Crippen molar-refractivity contribution >= 4 is 32.0 Å². The summed E-state index contributed by atoms with van der Waals surface area (Å²) in [4.78, 5) is 0. The van der Waals surface area contributed by atoms with Crippen molar-refractivity contribution in [1.29, 1.82) is 0 Å². The van der Waals surface area contributed by atoms with Gasteiger partial charge < -0.3 is 18.8 Å². The minimum absolute atomic E-state index is 0. The summed E-state index contributed by atoms with van der Waals surface area (Å²) >= 11 is 0. The fourth-order valence-electron chi connectivity index (χ4n) is 6.37. The Morgan fingerprint density at radius 1 is 0.729 bits per heavy atom. The Labute approximate surface area is 295 Å². The molecule has 10 radical (unpaired) electrons. The smallest absolute Gasteiger partial charge is 0.508 e. The van der Waals surface area contributed by atoms with Gasteiger partial charge in [-0.15, -0.1) is 0 Å². The molecule has 1 N–H and O–H groups in total. The maximum absolute atomic E-state index is 13.8. The Morgan fingerprint density at radius 2 is 1.35 bits per heavy atom. The van der Waals surface area contributed by atoms with Crippen molar-refractivity contribution < 1.29 is 44.2 Å². The van der Waals surface area contributed by atoms with Gasteiger partial charge in [-0.05, 0) is 128 Å². The van der Waals surface area contributed by atoms with Gasteiger partial charge in [0.2, 0.25) is 0 Å². The van der Waals surface area contributed by atoms with Crippen LogP contribution in [-0.2, 0) is 31.9 Å². The third kappa shape index (κ3) is 7.63. The van der Waals surface area contributed by atoms with Crippen LogP contribution in [0.5, 0.6) is 17.2 Å². The van der Waals surface area contributed by atoms with Crippen molar-refractivity contribution in [2.75, 3.05) is 6.61 Å². The summed E-state index contributed by atoms with van der Waals surface area (Å²) in [6.07, 6.45) is 18.1. The summed E-state index contributed by atoms with van der Waals surface area (Å²) < 4.78 is 45.7. The molecule has 0 amide bonds. The second-order valence-electron chi connectivity index (χ2n) is 11.6. The molecule has 242 valence electrons. The normalized spacial score (nSPS) is 22.0. The van der Waals surface area contributed by atoms with E-state index in [1.54, 1.807) is 24.3 Å². The van der Waals surface area contributed by atoms with Gasteiger partial charge in [0.15, 0.2) is 0 Å². The number of phenolic OH excluding ortho intramolecular Hbond substituents is 1. The monoisotopic (exact) mass is 698 g/mol. The Morgan fingerprint density at radius 3 is 2.06 bits per heavy atom. The van der Waals surface area contributed by atoms with Crippen LogP contribution in [0.4, 0.5) is 0 Å². The summed E-state index contributed by atoms with van der Waals surface area (Å²) in [5.41, 5.74) is 3.49. The molecule has 6 nitrogen and oxygen atoms in total. The molecule has 3 atom stereocenters. The molecule has 4 aliphatic rings. The zero-order chi connectivity index (χ0) is 32.2. The third-order valence-electron chi connectivity index (χ3n) is 8.61. The maximum Gasteiger partial charge on any atom is 2.00 e. The fraction of sp³-hybridized carbons (Fsp3) is 0.150. The van der Waals surface area contributed by atoms with Crippen molar-refractivity contribution in [2.24, 2.45) is 0 Å². The Bertz CT molecular complexity index is 1800. The molecule has 4 aromatic rings. The standard InChI is InChI=1S/C35H29O6S.C5H5.Fe/c36-27-16-12-25(13-17-27)33-31-22-32(42(37,38)41-30-11-5-9-24-8-3-4-10-29(24)30)35(40-31)34(33)26-14-18-28(19-15-26)39-21-20-23-6-1-2-7-23;1-2-4-5-3-1;/h1-19,31-32,35-36H,20-22H2;1-5H;/q;;+2/t31-,32+,35+;;/m1../s1. The number of phenols is 1. The molecule has 1 saturated heterocycles. The van der Waals surface area contributed by atoms with E-state index < -0.39 is 27.6 Å². The molecule has 48 heavy (non-hydrogen) atoms. The van der Waals surface area contributed by atoms with Crippen LogP contribution in [0.3, 0.4) is 0 Å². The van der Waals surface area contributed by atoms with E-state index in [-0.39, 0.29) is 29.2 Å². The molecule has 0 spiro atoms. The number of rotatable bonds is 9. The average Bonchev–Trinajstić information content (AvgIpc) is 3.93. The van der Waals surface area contributed by atoms with Gasteiger partial charge in [-0.1, -0.05) is 60.7 Å². The first kappa shape index (κ1) is 34.6. The first-order chi connectivity index (χ1) is 23.0. The fourth-order valence-corrected chi connectivity index (χ4v) is 7.80. The van der Waals surface area contributed by atoms with Crippen LogP contribution in [-0.4, -0.2) is 37.6 Å². The van der Waals surface area contributed by atoms with Gasteiger partial charge in [-0.2, -0.15) is 8.42 Å². The summed E-state index contributed by atoms with van der Waals surface area (Å²) in [5.74, 6) is 2.44. The zero-order valence-electron chi connectivity index (χ0n) is 26.0. The largest absolute Gasteiger partial charge is 2.00 e. The molecular formula is C40H34FeO6S+2. The van der Waals surface area contributed by atoms with E-state index in [1.807, 2.05) is 112 Å². The SMILES string of the molecule is O=S(=O)(Oc1cccc2ccccc12)[C@H]1C[C@H]2O[C@@H]1C(c1ccc(OCC[C]3[CH][CH][CH][CH]3)cc1)=C2c1ccc(O)cc1.[CH]1[CH][CH][CH][CH]1.[Fe+2]. The molecule has 2 heterocycles. The number of hydrogen-bond acceptors (Lipinski definition) is 6. The second-order valence-corrected chi connectivity index (χ2v) is 13.4.